The Kier molecular flexibility index (Phi) is 7.89. The Morgan fingerprint density at radius 3 is 2.21 bits per heavy atom. The van der Waals surface area contributed by atoms with Gasteiger partial charge in [-0.25, -0.2) is 4.39 Å². The summed E-state index contributed by atoms with van der Waals surface area (Å²) in [4.78, 5) is 16.8. The third-order valence-corrected chi connectivity index (χ3v) is 6.96. The monoisotopic (exact) mass is 468 g/mol. The van der Waals surface area contributed by atoms with E-state index >= 15 is 0 Å². The van der Waals surface area contributed by atoms with Crippen LogP contribution < -0.4 is 4.74 Å². The summed E-state index contributed by atoms with van der Waals surface area (Å²) in [5, 5.41) is 9.49. The van der Waals surface area contributed by atoms with Crippen LogP contribution in [0, 0.1) is 5.92 Å². The third-order valence-electron chi connectivity index (χ3n) is 6.96. The van der Waals surface area contributed by atoms with Crippen LogP contribution in [0.1, 0.15) is 49.9 Å². The molecule has 2 fully saturated rings. The maximum atomic E-state index is 13.9. The van der Waals surface area contributed by atoms with Gasteiger partial charge in [-0.3, -0.25) is 4.79 Å². The first-order chi connectivity index (χ1) is 16.3. The molecule has 1 N–H and O–H groups in total. The second-order valence-corrected chi connectivity index (χ2v) is 10.3. The molecule has 0 bridgehead atoms. The van der Waals surface area contributed by atoms with Gasteiger partial charge in [-0.1, -0.05) is 24.3 Å². The van der Waals surface area contributed by atoms with Gasteiger partial charge in [0.25, 0.3) is 5.91 Å². The van der Waals surface area contributed by atoms with Crippen molar-refractivity contribution in [3.63, 3.8) is 0 Å². The Labute approximate surface area is 202 Å². The maximum Gasteiger partial charge on any atom is 0.254 e. The van der Waals surface area contributed by atoms with Crippen molar-refractivity contribution in [1.29, 1.82) is 0 Å². The summed E-state index contributed by atoms with van der Waals surface area (Å²) in [5.41, 5.74) is 1.64. The summed E-state index contributed by atoms with van der Waals surface area (Å²) in [5.74, 6) is 1.35. The Hall–Kier alpha value is -2.44. The number of likely N-dealkylation sites (tertiary alicyclic amines) is 2. The number of hydrogen-bond acceptors (Lipinski definition) is 4. The molecule has 0 aromatic heterocycles. The van der Waals surface area contributed by atoms with E-state index in [1.807, 2.05) is 48.5 Å². The predicted molar refractivity (Wildman–Crippen MR) is 133 cm³/mol. The Morgan fingerprint density at radius 2 is 1.62 bits per heavy atom. The fraction of sp³-hybridized carbons (Fsp3) is 0.536. The van der Waals surface area contributed by atoms with Crippen LogP contribution in [0.5, 0.6) is 5.75 Å². The number of aliphatic hydroxyl groups excluding tert-OH is 1. The first-order valence-corrected chi connectivity index (χ1v) is 12.5. The van der Waals surface area contributed by atoms with E-state index < -0.39 is 5.67 Å². The SMILES string of the molecule is CC(C)(F)CN1CCC(COc2ccc(-c3ccc(C(=O)N4CCC[C@H]4CO)cc3)cc2)CC1. The normalized spacial score (nSPS) is 20.0. The lowest BCUT2D eigenvalue weighted by molar-refractivity contribution is 0.0677. The molecule has 0 saturated carbocycles. The molecule has 2 aromatic rings. The van der Waals surface area contributed by atoms with Crippen molar-refractivity contribution >= 4 is 5.91 Å². The van der Waals surface area contributed by atoms with Crippen LogP contribution in [0.3, 0.4) is 0 Å². The van der Waals surface area contributed by atoms with Crippen LogP contribution in [0.15, 0.2) is 48.5 Å². The highest BCUT2D eigenvalue weighted by Crippen LogP contribution is 2.26. The number of carbonyl (C=O) groups is 1. The zero-order valence-electron chi connectivity index (χ0n) is 20.4. The lowest BCUT2D eigenvalue weighted by Crippen LogP contribution is -2.41. The molecular formula is C28H37FN2O3. The van der Waals surface area contributed by atoms with E-state index in [9.17, 15) is 14.3 Å². The predicted octanol–water partition coefficient (Wildman–Crippen LogP) is 4.79. The van der Waals surface area contributed by atoms with Crippen molar-refractivity contribution in [2.24, 2.45) is 5.92 Å². The van der Waals surface area contributed by atoms with Crippen molar-refractivity contribution in [3.05, 3.63) is 54.1 Å². The van der Waals surface area contributed by atoms with Crippen LogP contribution in [-0.2, 0) is 0 Å². The molecule has 2 aromatic carbocycles. The Balaban J connectivity index is 1.27. The van der Waals surface area contributed by atoms with Gasteiger partial charge in [0.1, 0.15) is 11.4 Å². The molecule has 0 aliphatic carbocycles. The number of alkyl halides is 1. The van der Waals surface area contributed by atoms with Crippen molar-refractivity contribution in [3.8, 4) is 16.9 Å². The molecule has 2 saturated heterocycles. The molecule has 1 atom stereocenters. The van der Waals surface area contributed by atoms with E-state index in [1.165, 1.54) is 0 Å². The quantitative estimate of drug-likeness (QED) is 0.605. The molecule has 0 radical (unpaired) electrons. The van der Waals surface area contributed by atoms with Gasteiger partial charge in [-0.2, -0.15) is 0 Å². The number of amides is 1. The lowest BCUT2D eigenvalue weighted by atomic mass is 9.97. The zero-order valence-corrected chi connectivity index (χ0v) is 20.4. The second kappa shape index (κ2) is 10.9. The fourth-order valence-corrected chi connectivity index (χ4v) is 5.06. The average Bonchev–Trinajstić information content (AvgIpc) is 3.32. The number of rotatable bonds is 8. The summed E-state index contributed by atoms with van der Waals surface area (Å²) >= 11 is 0. The summed E-state index contributed by atoms with van der Waals surface area (Å²) < 4.78 is 19.9. The van der Waals surface area contributed by atoms with Crippen LogP contribution in [-0.4, -0.2) is 71.9 Å². The minimum Gasteiger partial charge on any atom is -0.493 e. The number of aliphatic hydroxyl groups is 1. The molecule has 4 rings (SSSR count). The number of ether oxygens (including phenoxy) is 1. The van der Waals surface area contributed by atoms with E-state index in [1.54, 1.807) is 18.7 Å². The van der Waals surface area contributed by atoms with E-state index in [-0.39, 0.29) is 18.6 Å². The van der Waals surface area contributed by atoms with E-state index in [4.69, 9.17) is 4.74 Å². The van der Waals surface area contributed by atoms with Crippen LogP contribution in [0.4, 0.5) is 4.39 Å². The third kappa shape index (κ3) is 6.36. The van der Waals surface area contributed by atoms with Crippen LogP contribution >= 0.6 is 0 Å². The molecule has 0 spiro atoms. The Bertz CT molecular complexity index is 932. The van der Waals surface area contributed by atoms with Gasteiger partial charge in [0.2, 0.25) is 0 Å². The topological polar surface area (TPSA) is 53.0 Å². The van der Waals surface area contributed by atoms with E-state index in [2.05, 4.69) is 4.90 Å². The van der Waals surface area contributed by atoms with Gasteiger partial charge in [0, 0.05) is 18.7 Å². The number of carbonyl (C=O) groups excluding carboxylic acids is 1. The molecule has 34 heavy (non-hydrogen) atoms. The van der Waals surface area contributed by atoms with Crippen molar-refractivity contribution in [2.45, 2.75) is 51.2 Å². The van der Waals surface area contributed by atoms with Crippen molar-refractivity contribution in [2.75, 3.05) is 39.4 Å². The first-order valence-electron chi connectivity index (χ1n) is 12.5. The summed E-state index contributed by atoms with van der Waals surface area (Å²) in [6.07, 6.45) is 3.89. The van der Waals surface area contributed by atoms with Gasteiger partial charge in [0.15, 0.2) is 0 Å². The fourth-order valence-electron chi connectivity index (χ4n) is 5.06. The highest BCUT2D eigenvalue weighted by Gasteiger charge is 2.29. The molecule has 2 aliphatic heterocycles. The summed E-state index contributed by atoms with van der Waals surface area (Å²) in [6, 6.07) is 15.7. The van der Waals surface area contributed by atoms with Gasteiger partial charge < -0.3 is 19.6 Å². The maximum absolute atomic E-state index is 13.9. The summed E-state index contributed by atoms with van der Waals surface area (Å²) in [7, 11) is 0. The molecular weight excluding hydrogens is 431 g/mol. The molecule has 1 amide bonds. The minimum atomic E-state index is -1.14. The number of piperidine rings is 1. The molecule has 2 aliphatic rings. The number of nitrogens with zero attached hydrogens (tertiary/aromatic N) is 2. The van der Waals surface area contributed by atoms with Gasteiger partial charge >= 0.3 is 0 Å². The Morgan fingerprint density at radius 1 is 1.00 bits per heavy atom. The molecule has 5 nitrogen and oxygen atoms in total. The number of benzene rings is 2. The van der Waals surface area contributed by atoms with Crippen molar-refractivity contribution < 1.29 is 19.0 Å². The average molecular weight is 469 g/mol. The van der Waals surface area contributed by atoms with Gasteiger partial charge in [-0.15, -0.1) is 0 Å². The van der Waals surface area contributed by atoms with Gasteiger partial charge in [-0.05, 0) is 93.9 Å². The zero-order chi connectivity index (χ0) is 24.1. The highest BCUT2D eigenvalue weighted by molar-refractivity contribution is 5.95. The lowest BCUT2D eigenvalue weighted by Gasteiger charge is -2.34. The molecule has 2 heterocycles. The van der Waals surface area contributed by atoms with E-state index in [0.717, 1.165) is 55.6 Å². The van der Waals surface area contributed by atoms with Crippen LogP contribution in [0.25, 0.3) is 11.1 Å². The number of hydrogen-bond donors (Lipinski definition) is 1. The van der Waals surface area contributed by atoms with Crippen LogP contribution in [0.2, 0.25) is 0 Å². The molecule has 184 valence electrons. The van der Waals surface area contributed by atoms with Gasteiger partial charge in [0.05, 0.1) is 19.3 Å². The summed E-state index contributed by atoms with van der Waals surface area (Å²) in [6.45, 7) is 7.06. The minimum absolute atomic E-state index is 0.00825. The largest absolute Gasteiger partial charge is 0.493 e. The molecule has 6 heteroatoms. The highest BCUT2D eigenvalue weighted by atomic mass is 19.1. The standard InChI is InChI=1S/C28H37FN2O3/c1-28(2,29)20-30-16-13-21(14-17-30)19-34-26-11-9-23(10-12-26)22-5-7-24(8-6-22)27(33)31-15-3-4-25(31)18-32/h5-12,21,25,32H,3-4,13-20H2,1-2H3/t25-/m0/s1. The van der Waals surface area contributed by atoms with E-state index in [0.29, 0.717) is 31.2 Å². The van der Waals surface area contributed by atoms with Crippen molar-refractivity contribution in [1.82, 2.24) is 9.80 Å². The smallest absolute Gasteiger partial charge is 0.254 e. The second-order valence-electron chi connectivity index (χ2n) is 10.3. The first kappa shape index (κ1) is 24.7. The number of halogens is 1. The molecule has 0 unspecified atom stereocenters.